The Morgan fingerprint density at radius 3 is 2.59 bits per heavy atom. The van der Waals surface area contributed by atoms with Crippen molar-refractivity contribution in [3.8, 4) is 0 Å². The predicted molar refractivity (Wildman–Crippen MR) is 67.9 cm³/mol. The first-order valence-corrected chi connectivity index (χ1v) is 5.69. The molecule has 0 bridgehead atoms. The van der Waals surface area contributed by atoms with Crippen molar-refractivity contribution in [1.82, 2.24) is 0 Å². The number of para-hydroxylation sites is 1. The van der Waals surface area contributed by atoms with Gasteiger partial charge in [0.2, 0.25) is 0 Å². The molecule has 1 heterocycles. The molecule has 90 valence electrons. The zero-order chi connectivity index (χ0) is 12.3. The fourth-order valence-corrected chi connectivity index (χ4v) is 1.88. The Morgan fingerprint density at radius 1 is 1.18 bits per heavy atom. The van der Waals surface area contributed by atoms with E-state index in [9.17, 15) is 5.11 Å². The molecule has 0 fully saturated rings. The summed E-state index contributed by atoms with van der Waals surface area (Å²) in [6, 6.07) is 9.78. The maximum absolute atomic E-state index is 9.22. The van der Waals surface area contributed by atoms with E-state index >= 15 is 0 Å². The highest BCUT2D eigenvalue weighted by molar-refractivity contribution is 5.51. The van der Waals surface area contributed by atoms with Crippen LogP contribution in [0.3, 0.4) is 0 Å². The molecule has 17 heavy (non-hydrogen) atoms. The third-order valence-electron chi connectivity index (χ3n) is 2.80. The second-order valence-corrected chi connectivity index (χ2v) is 4.11. The van der Waals surface area contributed by atoms with Gasteiger partial charge in [0, 0.05) is 23.4 Å². The van der Waals surface area contributed by atoms with E-state index in [0.717, 1.165) is 28.3 Å². The molecule has 0 spiro atoms. The lowest BCUT2D eigenvalue weighted by Crippen LogP contribution is -2.02. The van der Waals surface area contributed by atoms with E-state index in [1.165, 1.54) is 0 Å². The summed E-state index contributed by atoms with van der Waals surface area (Å²) in [6.07, 6.45) is 0. The van der Waals surface area contributed by atoms with Gasteiger partial charge in [-0.25, -0.2) is 0 Å². The van der Waals surface area contributed by atoms with E-state index in [4.69, 9.17) is 4.42 Å². The molecule has 0 unspecified atom stereocenters. The fourth-order valence-electron chi connectivity index (χ4n) is 1.88. The SMILES string of the molecule is Cc1cc(CNc2ccccc2CO)c(C)o1. The Kier molecular flexibility index (Phi) is 3.49. The average Bonchev–Trinajstić information content (AvgIpc) is 2.65. The van der Waals surface area contributed by atoms with Crippen molar-refractivity contribution < 1.29 is 9.52 Å². The average molecular weight is 231 g/mol. The van der Waals surface area contributed by atoms with Gasteiger partial charge in [-0.3, -0.25) is 0 Å². The zero-order valence-electron chi connectivity index (χ0n) is 10.2. The molecule has 1 aromatic carbocycles. The Hall–Kier alpha value is -1.74. The molecule has 2 aromatic rings. The zero-order valence-corrected chi connectivity index (χ0v) is 10.2. The van der Waals surface area contributed by atoms with Gasteiger partial charge in [0.25, 0.3) is 0 Å². The molecular weight excluding hydrogens is 214 g/mol. The maximum atomic E-state index is 9.22. The first-order chi connectivity index (χ1) is 8.20. The number of benzene rings is 1. The standard InChI is InChI=1S/C14H17NO2/c1-10-7-13(11(2)17-10)8-15-14-6-4-3-5-12(14)9-16/h3-7,15-16H,8-9H2,1-2H3. The number of aliphatic hydroxyl groups excluding tert-OH is 1. The number of aliphatic hydroxyl groups is 1. The summed E-state index contributed by atoms with van der Waals surface area (Å²) in [5.41, 5.74) is 3.02. The minimum absolute atomic E-state index is 0.0482. The molecule has 0 radical (unpaired) electrons. The molecule has 0 saturated carbocycles. The summed E-state index contributed by atoms with van der Waals surface area (Å²) in [5, 5.41) is 12.5. The number of furan rings is 1. The van der Waals surface area contributed by atoms with Crippen molar-refractivity contribution in [3.63, 3.8) is 0 Å². The number of anilines is 1. The summed E-state index contributed by atoms with van der Waals surface area (Å²) < 4.78 is 5.47. The van der Waals surface area contributed by atoms with Crippen LogP contribution in [0.5, 0.6) is 0 Å². The predicted octanol–water partition coefficient (Wildman–Crippen LogP) is 3.00. The van der Waals surface area contributed by atoms with Crippen LogP contribution in [0.15, 0.2) is 34.7 Å². The highest BCUT2D eigenvalue weighted by Crippen LogP contribution is 2.18. The topological polar surface area (TPSA) is 45.4 Å². The second kappa shape index (κ2) is 5.06. The second-order valence-electron chi connectivity index (χ2n) is 4.11. The van der Waals surface area contributed by atoms with Gasteiger partial charge in [0.05, 0.1) is 6.61 Å². The first-order valence-electron chi connectivity index (χ1n) is 5.69. The maximum Gasteiger partial charge on any atom is 0.106 e. The van der Waals surface area contributed by atoms with E-state index in [1.807, 2.05) is 44.2 Å². The molecule has 0 aliphatic rings. The van der Waals surface area contributed by atoms with Crippen molar-refractivity contribution in [2.45, 2.75) is 27.0 Å². The summed E-state index contributed by atoms with van der Waals surface area (Å²) in [7, 11) is 0. The van der Waals surface area contributed by atoms with Gasteiger partial charge in [0.1, 0.15) is 11.5 Å². The summed E-state index contributed by atoms with van der Waals surface area (Å²) in [5.74, 6) is 1.87. The molecule has 1 aromatic heterocycles. The monoisotopic (exact) mass is 231 g/mol. The normalized spacial score (nSPS) is 10.5. The van der Waals surface area contributed by atoms with Crippen LogP contribution in [0.4, 0.5) is 5.69 Å². The first kappa shape index (κ1) is 11.7. The summed E-state index contributed by atoms with van der Waals surface area (Å²) in [4.78, 5) is 0. The third-order valence-corrected chi connectivity index (χ3v) is 2.80. The smallest absolute Gasteiger partial charge is 0.106 e. The van der Waals surface area contributed by atoms with Crippen LogP contribution in [-0.2, 0) is 13.2 Å². The number of hydrogen-bond donors (Lipinski definition) is 2. The Morgan fingerprint density at radius 2 is 1.94 bits per heavy atom. The molecule has 2 N–H and O–H groups in total. The van der Waals surface area contributed by atoms with Gasteiger partial charge in [-0.2, -0.15) is 0 Å². The molecule has 0 amide bonds. The van der Waals surface area contributed by atoms with Gasteiger partial charge in [-0.1, -0.05) is 18.2 Å². The largest absolute Gasteiger partial charge is 0.466 e. The molecule has 3 nitrogen and oxygen atoms in total. The van der Waals surface area contributed by atoms with E-state index in [1.54, 1.807) is 0 Å². The van der Waals surface area contributed by atoms with Crippen LogP contribution in [0.1, 0.15) is 22.6 Å². The van der Waals surface area contributed by atoms with Crippen molar-refractivity contribution in [1.29, 1.82) is 0 Å². The molecular formula is C14H17NO2. The van der Waals surface area contributed by atoms with Crippen LogP contribution in [0, 0.1) is 13.8 Å². The number of rotatable bonds is 4. The highest BCUT2D eigenvalue weighted by Gasteiger charge is 2.05. The number of nitrogens with one attached hydrogen (secondary N) is 1. The van der Waals surface area contributed by atoms with Crippen LogP contribution in [0.2, 0.25) is 0 Å². The van der Waals surface area contributed by atoms with E-state index in [0.29, 0.717) is 6.54 Å². The third kappa shape index (κ3) is 2.68. The van der Waals surface area contributed by atoms with Crippen molar-refractivity contribution in [2.75, 3.05) is 5.32 Å². The lowest BCUT2D eigenvalue weighted by molar-refractivity contribution is 0.282. The van der Waals surface area contributed by atoms with Crippen LogP contribution in [-0.4, -0.2) is 5.11 Å². The lowest BCUT2D eigenvalue weighted by atomic mass is 10.1. The Labute approximate surface area is 101 Å². The van der Waals surface area contributed by atoms with Crippen molar-refractivity contribution >= 4 is 5.69 Å². The lowest BCUT2D eigenvalue weighted by Gasteiger charge is -2.09. The highest BCUT2D eigenvalue weighted by atomic mass is 16.3. The molecule has 0 saturated heterocycles. The van der Waals surface area contributed by atoms with Gasteiger partial charge in [0.15, 0.2) is 0 Å². The molecule has 0 aliphatic carbocycles. The van der Waals surface area contributed by atoms with Crippen molar-refractivity contribution in [3.05, 3.63) is 53.0 Å². The molecule has 0 atom stereocenters. The van der Waals surface area contributed by atoms with E-state index in [-0.39, 0.29) is 6.61 Å². The molecule has 2 rings (SSSR count). The minimum atomic E-state index is 0.0482. The minimum Gasteiger partial charge on any atom is -0.466 e. The Balaban J connectivity index is 2.09. The van der Waals surface area contributed by atoms with Crippen LogP contribution >= 0.6 is 0 Å². The van der Waals surface area contributed by atoms with E-state index in [2.05, 4.69) is 5.32 Å². The fraction of sp³-hybridized carbons (Fsp3) is 0.286. The van der Waals surface area contributed by atoms with Gasteiger partial charge in [-0.15, -0.1) is 0 Å². The van der Waals surface area contributed by atoms with E-state index < -0.39 is 0 Å². The van der Waals surface area contributed by atoms with Crippen LogP contribution in [0.25, 0.3) is 0 Å². The number of aryl methyl sites for hydroxylation is 2. The quantitative estimate of drug-likeness (QED) is 0.850. The Bertz CT molecular complexity index is 503. The summed E-state index contributed by atoms with van der Waals surface area (Å²) in [6.45, 7) is 4.66. The molecule has 0 aliphatic heterocycles. The van der Waals surface area contributed by atoms with Gasteiger partial charge < -0.3 is 14.8 Å². The van der Waals surface area contributed by atoms with Gasteiger partial charge in [-0.05, 0) is 26.0 Å². The number of hydrogen-bond acceptors (Lipinski definition) is 3. The van der Waals surface area contributed by atoms with Crippen molar-refractivity contribution in [2.24, 2.45) is 0 Å². The molecule has 3 heteroatoms. The summed E-state index contributed by atoms with van der Waals surface area (Å²) >= 11 is 0. The van der Waals surface area contributed by atoms with Crippen LogP contribution < -0.4 is 5.32 Å². The van der Waals surface area contributed by atoms with Gasteiger partial charge >= 0.3 is 0 Å².